The van der Waals surface area contributed by atoms with Gasteiger partial charge < -0.3 is 18.6 Å². The van der Waals surface area contributed by atoms with E-state index >= 15 is 0 Å². The second-order valence-electron chi connectivity index (χ2n) is 5.95. The lowest BCUT2D eigenvalue weighted by atomic mass is 10.1. The molecule has 0 spiro atoms. The Balaban J connectivity index is 1.93. The van der Waals surface area contributed by atoms with Crippen molar-refractivity contribution in [1.82, 2.24) is 0 Å². The van der Waals surface area contributed by atoms with Gasteiger partial charge in [0.25, 0.3) is 0 Å². The highest BCUT2D eigenvalue weighted by Gasteiger charge is 2.12. The molecule has 136 valence electrons. The van der Waals surface area contributed by atoms with Gasteiger partial charge in [-0.3, -0.25) is 0 Å². The molecule has 1 aromatic heterocycles. The lowest BCUT2D eigenvalue weighted by Gasteiger charge is -2.14. The van der Waals surface area contributed by atoms with Crippen LogP contribution in [0.25, 0.3) is 11.0 Å². The molecule has 2 aromatic carbocycles. The first-order valence-electron chi connectivity index (χ1n) is 8.01. The maximum Gasteiger partial charge on any atom is 0.336 e. The SMILES string of the molecule is COc1cc(C)c(COc2cc3oc(=O)cc(C)c3cc2Cl)cc1OC. The van der Waals surface area contributed by atoms with Gasteiger partial charge in [-0.1, -0.05) is 11.6 Å². The van der Waals surface area contributed by atoms with E-state index in [1.54, 1.807) is 26.4 Å². The van der Waals surface area contributed by atoms with Gasteiger partial charge in [-0.05, 0) is 48.7 Å². The summed E-state index contributed by atoms with van der Waals surface area (Å²) in [5.41, 5.74) is 2.78. The fourth-order valence-electron chi connectivity index (χ4n) is 2.76. The molecule has 0 aliphatic rings. The van der Waals surface area contributed by atoms with E-state index in [1.165, 1.54) is 6.07 Å². The highest BCUT2D eigenvalue weighted by Crippen LogP contribution is 2.34. The topological polar surface area (TPSA) is 57.9 Å². The highest BCUT2D eigenvalue weighted by molar-refractivity contribution is 6.32. The predicted octanol–water partition coefficient (Wildman–Crippen LogP) is 4.66. The zero-order valence-electron chi connectivity index (χ0n) is 15.0. The van der Waals surface area contributed by atoms with Gasteiger partial charge >= 0.3 is 5.63 Å². The first-order valence-corrected chi connectivity index (χ1v) is 8.39. The molecule has 1 heterocycles. The quantitative estimate of drug-likeness (QED) is 0.608. The van der Waals surface area contributed by atoms with Crippen molar-refractivity contribution in [2.24, 2.45) is 0 Å². The summed E-state index contributed by atoms with van der Waals surface area (Å²) in [5.74, 6) is 1.74. The Labute approximate surface area is 156 Å². The van der Waals surface area contributed by atoms with Gasteiger partial charge in [0.15, 0.2) is 11.5 Å². The molecule has 5 nitrogen and oxygen atoms in total. The van der Waals surface area contributed by atoms with Gasteiger partial charge in [0.1, 0.15) is 17.9 Å². The Bertz CT molecular complexity index is 1020. The number of halogens is 1. The maximum atomic E-state index is 11.6. The first-order chi connectivity index (χ1) is 12.4. The Morgan fingerprint density at radius 1 is 0.923 bits per heavy atom. The molecule has 0 saturated heterocycles. The van der Waals surface area contributed by atoms with E-state index < -0.39 is 5.63 Å². The minimum Gasteiger partial charge on any atom is -0.493 e. The van der Waals surface area contributed by atoms with Crippen LogP contribution in [0.1, 0.15) is 16.7 Å². The molecule has 6 heteroatoms. The predicted molar refractivity (Wildman–Crippen MR) is 101 cm³/mol. The third-order valence-electron chi connectivity index (χ3n) is 4.23. The lowest BCUT2D eigenvalue weighted by molar-refractivity contribution is 0.303. The number of benzene rings is 2. The van der Waals surface area contributed by atoms with Crippen LogP contribution in [0.3, 0.4) is 0 Å². The van der Waals surface area contributed by atoms with Crippen LogP contribution in [0, 0.1) is 13.8 Å². The van der Waals surface area contributed by atoms with Gasteiger partial charge in [0, 0.05) is 17.5 Å². The van der Waals surface area contributed by atoms with Gasteiger partial charge in [0.2, 0.25) is 0 Å². The van der Waals surface area contributed by atoms with Crippen LogP contribution in [-0.2, 0) is 6.61 Å². The fraction of sp³-hybridized carbons (Fsp3) is 0.250. The molecule has 0 fully saturated rings. The molecule has 3 rings (SSSR count). The summed E-state index contributed by atoms with van der Waals surface area (Å²) in [6.45, 7) is 4.08. The number of aryl methyl sites for hydroxylation is 2. The number of hydrogen-bond donors (Lipinski definition) is 0. The molecule has 0 aliphatic carbocycles. The second-order valence-corrected chi connectivity index (χ2v) is 6.36. The molecule has 0 aliphatic heterocycles. The Kier molecular flexibility index (Phi) is 5.09. The molecule has 0 N–H and O–H groups in total. The van der Waals surface area contributed by atoms with E-state index in [4.69, 9.17) is 30.2 Å². The average Bonchev–Trinajstić information content (AvgIpc) is 2.61. The van der Waals surface area contributed by atoms with E-state index in [9.17, 15) is 4.79 Å². The van der Waals surface area contributed by atoms with Crippen molar-refractivity contribution in [2.45, 2.75) is 20.5 Å². The molecular weight excluding hydrogens is 356 g/mol. The molecular formula is C20H19ClO5. The third-order valence-corrected chi connectivity index (χ3v) is 4.52. The van der Waals surface area contributed by atoms with Crippen molar-refractivity contribution >= 4 is 22.6 Å². The summed E-state index contributed by atoms with van der Waals surface area (Å²) in [6, 6.07) is 8.58. The molecule has 0 saturated carbocycles. The van der Waals surface area contributed by atoms with Crippen molar-refractivity contribution in [2.75, 3.05) is 14.2 Å². The summed E-state index contributed by atoms with van der Waals surface area (Å²) in [5, 5.41) is 1.23. The summed E-state index contributed by atoms with van der Waals surface area (Å²) in [7, 11) is 3.18. The summed E-state index contributed by atoms with van der Waals surface area (Å²) >= 11 is 6.34. The van der Waals surface area contributed by atoms with E-state index in [0.29, 0.717) is 27.9 Å². The number of hydrogen-bond acceptors (Lipinski definition) is 5. The van der Waals surface area contributed by atoms with E-state index in [0.717, 1.165) is 22.1 Å². The molecule has 0 unspecified atom stereocenters. The summed E-state index contributed by atoms with van der Waals surface area (Å²) in [4.78, 5) is 11.6. The van der Waals surface area contributed by atoms with Gasteiger partial charge in [0.05, 0.1) is 19.2 Å². The second kappa shape index (κ2) is 7.30. The molecule has 3 aromatic rings. The summed E-state index contributed by atoms with van der Waals surface area (Å²) < 4.78 is 21.8. The molecule has 0 radical (unpaired) electrons. The zero-order chi connectivity index (χ0) is 18.8. The van der Waals surface area contributed by atoms with Crippen LogP contribution in [0.5, 0.6) is 17.2 Å². The Morgan fingerprint density at radius 2 is 1.62 bits per heavy atom. The number of methoxy groups -OCH3 is 2. The molecule has 0 bridgehead atoms. The van der Waals surface area contributed by atoms with Crippen LogP contribution in [0.4, 0.5) is 0 Å². The molecule has 26 heavy (non-hydrogen) atoms. The van der Waals surface area contributed by atoms with E-state index in [-0.39, 0.29) is 6.61 Å². The smallest absolute Gasteiger partial charge is 0.336 e. The van der Waals surface area contributed by atoms with E-state index in [2.05, 4.69) is 0 Å². The largest absolute Gasteiger partial charge is 0.493 e. The standard InChI is InChI=1S/C20H19ClO5/c1-11-5-18(23-3)19(24-4)7-13(11)10-25-17-9-16-14(8-15(17)21)12(2)6-20(22)26-16/h5-9H,10H2,1-4H3. The zero-order valence-corrected chi connectivity index (χ0v) is 15.8. The monoisotopic (exact) mass is 374 g/mol. The van der Waals surface area contributed by atoms with Crippen molar-refractivity contribution in [3.05, 3.63) is 62.5 Å². The fourth-order valence-corrected chi connectivity index (χ4v) is 2.98. The lowest BCUT2D eigenvalue weighted by Crippen LogP contribution is -2.02. The van der Waals surface area contributed by atoms with Crippen molar-refractivity contribution < 1.29 is 18.6 Å². The molecule has 0 atom stereocenters. The number of fused-ring (bicyclic) bond motifs is 1. The van der Waals surface area contributed by atoms with Crippen LogP contribution in [0.15, 0.2) is 39.5 Å². The summed E-state index contributed by atoms with van der Waals surface area (Å²) in [6.07, 6.45) is 0. The van der Waals surface area contributed by atoms with Gasteiger partial charge in [-0.2, -0.15) is 0 Å². The van der Waals surface area contributed by atoms with Gasteiger partial charge in [-0.15, -0.1) is 0 Å². The van der Waals surface area contributed by atoms with Crippen molar-refractivity contribution in [3.8, 4) is 17.2 Å². The minimum absolute atomic E-state index is 0.285. The van der Waals surface area contributed by atoms with Crippen LogP contribution in [-0.4, -0.2) is 14.2 Å². The van der Waals surface area contributed by atoms with Crippen molar-refractivity contribution in [1.29, 1.82) is 0 Å². The first kappa shape index (κ1) is 18.1. The molecule has 0 amide bonds. The van der Waals surface area contributed by atoms with Gasteiger partial charge in [-0.25, -0.2) is 4.79 Å². The number of rotatable bonds is 5. The Morgan fingerprint density at radius 3 is 2.31 bits per heavy atom. The van der Waals surface area contributed by atoms with Crippen molar-refractivity contribution in [3.63, 3.8) is 0 Å². The minimum atomic E-state index is -0.404. The average molecular weight is 375 g/mol. The van der Waals surface area contributed by atoms with Crippen LogP contribution in [0.2, 0.25) is 5.02 Å². The Hall–Kier alpha value is -2.66. The third kappa shape index (κ3) is 3.48. The van der Waals surface area contributed by atoms with E-state index in [1.807, 2.05) is 26.0 Å². The maximum absolute atomic E-state index is 11.6. The van der Waals surface area contributed by atoms with Crippen LogP contribution < -0.4 is 19.8 Å². The van der Waals surface area contributed by atoms with Crippen LogP contribution >= 0.6 is 11.6 Å². The number of ether oxygens (including phenoxy) is 3. The normalized spacial score (nSPS) is 10.8. The highest BCUT2D eigenvalue weighted by atomic mass is 35.5.